The highest BCUT2D eigenvalue weighted by Crippen LogP contribution is 2.47. The van der Waals surface area contributed by atoms with Crippen LogP contribution in [0.25, 0.3) is 0 Å². The molecule has 0 aromatic heterocycles. The molecular weight excluding hydrogens is 256 g/mol. The Morgan fingerprint density at radius 1 is 1.40 bits per heavy atom. The molecule has 1 unspecified atom stereocenters. The van der Waals surface area contributed by atoms with E-state index in [1.807, 2.05) is 13.8 Å². The van der Waals surface area contributed by atoms with Gasteiger partial charge in [0.25, 0.3) is 0 Å². The zero-order valence-corrected chi connectivity index (χ0v) is 12.0. The van der Waals surface area contributed by atoms with Gasteiger partial charge in [0, 0.05) is 5.33 Å². The van der Waals surface area contributed by atoms with Crippen molar-refractivity contribution in [3.05, 3.63) is 0 Å². The number of carboxylic acids is 1. The third-order valence-corrected chi connectivity index (χ3v) is 4.53. The van der Waals surface area contributed by atoms with Crippen LogP contribution in [0, 0.1) is 16.7 Å². The van der Waals surface area contributed by atoms with Crippen LogP contribution >= 0.6 is 15.9 Å². The van der Waals surface area contributed by atoms with Gasteiger partial charge >= 0.3 is 5.97 Å². The molecule has 0 rings (SSSR count). The number of carbonyl (C=O) groups is 1. The molecule has 0 fully saturated rings. The van der Waals surface area contributed by atoms with Crippen LogP contribution in [-0.4, -0.2) is 16.4 Å². The molecule has 1 atom stereocenters. The summed E-state index contributed by atoms with van der Waals surface area (Å²) < 4.78 is 0. The lowest BCUT2D eigenvalue weighted by atomic mass is 9.62. The molecule has 0 spiro atoms. The number of hydrogen-bond donors (Lipinski definition) is 1. The van der Waals surface area contributed by atoms with Crippen molar-refractivity contribution >= 4 is 21.9 Å². The summed E-state index contributed by atoms with van der Waals surface area (Å²) in [5, 5.41) is 10.0. The topological polar surface area (TPSA) is 37.3 Å². The van der Waals surface area contributed by atoms with E-state index in [9.17, 15) is 9.90 Å². The first kappa shape index (κ1) is 14.9. The highest BCUT2D eigenvalue weighted by Gasteiger charge is 2.49. The summed E-state index contributed by atoms with van der Waals surface area (Å²) >= 11 is 3.40. The average molecular weight is 279 g/mol. The zero-order valence-electron chi connectivity index (χ0n) is 10.4. The minimum absolute atomic E-state index is 0.188. The second-order valence-corrected chi connectivity index (χ2v) is 5.92. The third kappa shape index (κ3) is 2.96. The van der Waals surface area contributed by atoms with Gasteiger partial charge in [0.05, 0.1) is 5.41 Å². The van der Waals surface area contributed by atoms with Crippen LogP contribution in [0.5, 0.6) is 0 Å². The van der Waals surface area contributed by atoms with E-state index >= 15 is 0 Å². The summed E-state index contributed by atoms with van der Waals surface area (Å²) in [6.07, 6.45) is 1.59. The molecule has 2 nitrogen and oxygen atoms in total. The van der Waals surface area contributed by atoms with Crippen LogP contribution in [0.4, 0.5) is 0 Å². The minimum atomic E-state index is -0.681. The molecule has 0 bridgehead atoms. The Labute approximate surface area is 102 Å². The fraction of sp³-hybridized carbons (Fsp3) is 0.917. The van der Waals surface area contributed by atoms with E-state index in [0.717, 1.165) is 6.42 Å². The summed E-state index contributed by atoms with van der Waals surface area (Å²) in [6.45, 7) is 10.3. The van der Waals surface area contributed by atoms with Gasteiger partial charge in [-0.2, -0.15) is 0 Å². The third-order valence-electron chi connectivity index (χ3n) is 3.57. The maximum atomic E-state index is 11.6. The Balaban J connectivity index is 5.24. The van der Waals surface area contributed by atoms with Gasteiger partial charge in [-0.3, -0.25) is 4.79 Å². The molecule has 0 heterocycles. The molecule has 0 amide bonds. The second-order valence-electron chi connectivity index (χ2n) is 5.36. The molecule has 0 radical (unpaired) electrons. The van der Waals surface area contributed by atoms with E-state index in [4.69, 9.17) is 0 Å². The lowest BCUT2D eigenvalue weighted by Gasteiger charge is -2.43. The highest BCUT2D eigenvalue weighted by molar-refractivity contribution is 9.09. The van der Waals surface area contributed by atoms with Crippen molar-refractivity contribution in [2.24, 2.45) is 16.7 Å². The Kier molecular flexibility index (Phi) is 5.31. The van der Waals surface area contributed by atoms with E-state index < -0.39 is 11.4 Å². The Hall–Kier alpha value is -0.0500. The number of rotatable bonds is 6. The van der Waals surface area contributed by atoms with Crippen molar-refractivity contribution in [3.8, 4) is 0 Å². The first-order valence-electron chi connectivity index (χ1n) is 5.53. The average Bonchev–Trinajstić information content (AvgIpc) is 2.12. The second kappa shape index (κ2) is 5.33. The molecule has 15 heavy (non-hydrogen) atoms. The number of aliphatic carboxylic acids is 1. The summed E-state index contributed by atoms with van der Waals surface area (Å²) in [6, 6.07) is 0. The fourth-order valence-corrected chi connectivity index (χ4v) is 3.21. The Bertz CT molecular complexity index is 224. The van der Waals surface area contributed by atoms with Crippen molar-refractivity contribution in [2.45, 2.75) is 47.5 Å². The van der Waals surface area contributed by atoms with Gasteiger partial charge in [-0.1, -0.05) is 50.5 Å². The van der Waals surface area contributed by atoms with Crippen molar-refractivity contribution < 1.29 is 9.90 Å². The summed E-state index contributed by atoms with van der Waals surface area (Å²) in [7, 11) is 0. The molecule has 1 N–H and O–H groups in total. The smallest absolute Gasteiger partial charge is 0.311 e. The van der Waals surface area contributed by atoms with Gasteiger partial charge in [0.15, 0.2) is 0 Å². The molecular formula is C12H23BrO2. The summed E-state index contributed by atoms with van der Waals surface area (Å²) in [5.74, 6) is -0.288. The van der Waals surface area contributed by atoms with Gasteiger partial charge in [0.2, 0.25) is 0 Å². The predicted molar refractivity (Wildman–Crippen MR) is 67.4 cm³/mol. The Morgan fingerprint density at radius 2 is 1.87 bits per heavy atom. The molecule has 0 aromatic rings. The van der Waals surface area contributed by atoms with Crippen molar-refractivity contribution in [2.75, 3.05) is 5.33 Å². The van der Waals surface area contributed by atoms with Crippen LogP contribution in [0.1, 0.15) is 47.5 Å². The molecule has 0 saturated carbocycles. The number of halogens is 1. The fourth-order valence-electron chi connectivity index (χ4n) is 1.98. The SMILES string of the molecule is CCC(C)(C)C(CBr)(CC(C)C)C(=O)O. The lowest BCUT2D eigenvalue weighted by Crippen LogP contribution is -2.46. The molecule has 90 valence electrons. The normalized spacial score (nSPS) is 16.5. The molecule has 0 saturated heterocycles. The molecule has 0 aliphatic rings. The largest absolute Gasteiger partial charge is 0.481 e. The van der Waals surface area contributed by atoms with Crippen LogP contribution in [0.15, 0.2) is 0 Å². The number of alkyl halides is 1. The maximum absolute atomic E-state index is 11.6. The standard InChI is InChI=1S/C12H23BrO2/c1-6-11(4,5)12(8-13,10(14)15)7-9(2)3/h9H,6-8H2,1-5H3,(H,14,15). The molecule has 0 aliphatic heterocycles. The zero-order chi connectivity index (χ0) is 12.3. The van der Waals surface area contributed by atoms with E-state index in [1.54, 1.807) is 0 Å². The van der Waals surface area contributed by atoms with Gasteiger partial charge < -0.3 is 5.11 Å². The first-order valence-corrected chi connectivity index (χ1v) is 6.65. The molecule has 0 aromatic carbocycles. The van der Waals surface area contributed by atoms with E-state index in [0.29, 0.717) is 17.7 Å². The van der Waals surface area contributed by atoms with Crippen molar-refractivity contribution in [1.29, 1.82) is 0 Å². The van der Waals surface area contributed by atoms with E-state index in [1.165, 1.54) is 0 Å². The summed E-state index contributed by atoms with van der Waals surface area (Å²) in [4.78, 5) is 11.6. The van der Waals surface area contributed by atoms with Crippen molar-refractivity contribution in [3.63, 3.8) is 0 Å². The lowest BCUT2D eigenvalue weighted by molar-refractivity contribution is -0.156. The highest BCUT2D eigenvalue weighted by atomic mass is 79.9. The maximum Gasteiger partial charge on any atom is 0.311 e. The van der Waals surface area contributed by atoms with Crippen LogP contribution in [0.3, 0.4) is 0 Å². The Morgan fingerprint density at radius 3 is 2.07 bits per heavy atom. The molecule has 0 aliphatic carbocycles. The van der Waals surface area contributed by atoms with Crippen molar-refractivity contribution in [1.82, 2.24) is 0 Å². The predicted octanol–water partition coefficient (Wildman–Crippen LogP) is 3.93. The number of carboxylic acid groups (broad SMARTS) is 1. The van der Waals surface area contributed by atoms with Gasteiger partial charge in [-0.25, -0.2) is 0 Å². The van der Waals surface area contributed by atoms with Gasteiger partial charge in [-0.05, 0) is 24.2 Å². The monoisotopic (exact) mass is 278 g/mol. The summed E-state index contributed by atoms with van der Waals surface area (Å²) in [5.41, 5.74) is -0.845. The van der Waals surface area contributed by atoms with E-state index in [-0.39, 0.29) is 5.41 Å². The minimum Gasteiger partial charge on any atom is -0.481 e. The first-order chi connectivity index (χ1) is 6.73. The van der Waals surface area contributed by atoms with Crippen LogP contribution in [-0.2, 0) is 4.79 Å². The quantitative estimate of drug-likeness (QED) is 0.748. The van der Waals surface area contributed by atoms with Crippen LogP contribution in [0.2, 0.25) is 0 Å². The molecule has 3 heteroatoms. The van der Waals surface area contributed by atoms with E-state index in [2.05, 4.69) is 36.7 Å². The van der Waals surface area contributed by atoms with Crippen LogP contribution < -0.4 is 0 Å². The van der Waals surface area contributed by atoms with Gasteiger partial charge in [0.1, 0.15) is 0 Å². The van der Waals surface area contributed by atoms with Gasteiger partial charge in [-0.15, -0.1) is 0 Å². The number of hydrogen-bond acceptors (Lipinski definition) is 1.